The Bertz CT molecular complexity index is 354. The zero-order valence-electron chi connectivity index (χ0n) is 10.8. The van der Waals surface area contributed by atoms with E-state index in [0.717, 1.165) is 31.1 Å². The number of anilines is 2. The topological polar surface area (TPSA) is 55.4 Å². The molecule has 1 aliphatic rings. The molecule has 2 N–H and O–H groups in total. The maximum Gasteiger partial charge on any atom is 0.128 e. The van der Waals surface area contributed by atoms with Crippen LogP contribution in [0.1, 0.15) is 13.3 Å². The normalized spacial score (nSPS) is 19.5. The molecule has 0 amide bonds. The molecule has 1 aliphatic heterocycles. The Morgan fingerprint density at radius 1 is 1.28 bits per heavy atom. The van der Waals surface area contributed by atoms with E-state index in [1.54, 1.807) is 0 Å². The Labute approximate surface area is 108 Å². The maximum absolute atomic E-state index is 5.56. The molecule has 1 aromatic rings. The Morgan fingerprint density at radius 2 is 2.11 bits per heavy atom. The summed E-state index contributed by atoms with van der Waals surface area (Å²) in [7, 11) is 0. The number of nitrogens with one attached hydrogen (secondary N) is 2. The zero-order chi connectivity index (χ0) is 12.6. The largest absolute Gasteiger partial charge is 0.376 e. The molecule has 0 aliphatic carbocycles. The second-order valence-electron chi connectivity index (χ2n) is 4.28. The molecule has 1 fully saturated rings. The van der Waals surface area contributed by atoms with E-state index in [4.69, 9.17) is 9.47 Å². The summed E-state index contributed by atoms with van der Waals surface area (Å²) < 4.78 is 10.9. The van der Waals surface area contributed by atoms with Crippen LogP contribution in [0.5, 0.6) is 0 Å². The van der Waals surface area contributed by atoms with Crippen molar-refractivity contribution in [1.82, 2.24) is 4.98 Å². The quantitative estimate of drug-likeness (QED) is 0.806. The van der Waals surface area contributed by atoms with Crippen LogP contribution in [0.2, 0.25) is 0 Å². The highest BCUT2D eigenvalue weighted by Gasteiger charge is 2.13. The molecule has 0 bridgehead atoms. The first-order chi connectivity index (χ1) is 8.88. The standard InChI is InChI=1S/C13H21N3O2/c1-2-6-14-12-4-3-5-13(16-12)15-9-11-10-17-7-8-18-11/h3-5,11H,2,6-10H2,1H3,(H2,14,15,16). The summed E-state index contributed by atoms with van der Waals surface area (Å²) >= 11 is 0. The molecule has 0 radical (unpaired) electrons. The number of nitrogens with zero attached hydrogens (tertiary/aromatic N) is 1. The van der Waals surface area contributed by atoms with E-state index in [0.29, 0.717) is 19.8 Å². The van der Waals surface area contributed by atoms with Gasteiger partial charge >= 0.3 is 0 Å². The highest BCUT2D eigenvalue weighted by atomic mass is 16.6. The number of hydrogen-bond acceptors (Lipinski definition) is 5. The summed E-state index contributed by atoms with van der Waals surface area (Å²) in [5.41, 5.74) is 0. The van der Waals surface area contributed by atoms with Crippen molar-refractivity contribution in [3.63, 3.8) is 0 Å². The van der Waals surface area contributed by atoms with Crippen LogP contribution in [0.25, 0.3) is 0 Å². The second-order valence-corrected chi connectivity index (χ2v) is 4.28. The van der Waals surface area contributed by atoms with Crippen LogP contribution >= 0.6 is 0 Å². The van der Waals surface area contributed by atoms with Gasteiger partial charge in [0.25, 0.3) is 0 Å². The van der Waals surface area contributed by atoms with Crippen molar-refractivity contribution in [3.05, 3.63) is 18.2 Å². The first-order valence-electron chi connectivity index (χ1n) is 6.52. The van der Waals surface area contributed by atoms with Crippen molar-refractivity contribution in [1.29, 1.82) is 0 Å². The van der Waals surface area contributed by atoms with Gasteiger partial charge in [-0.05, 0) is 18.6 Å². The molecule has 0 spiro atoms. The minimum absolute atomic E-state index is 0.118. The highest BCUT2D eigenvalue weighted by Crippen LogP contribution is 2.10. The lowest BCUT2D eigenvalue weighted by Gasteiger charge is -2.23. The van der Waals surface area contributed by atoms with E-state index in [1.165, 1.54) is 0 Å². The molecule has 1 atom stereocenters. The molecule has 0 aromatic carbocycles. The van der Waals surface area contributed by atoms with Crippen molar-refractivity contribution in [2.45, 2.75) is 19.4 Å². The lowest BCUT2D eigenvalue weighted by Crippen LogP contribution is -2.34. The van der Waals surface area contributed by atoms with Crippen LogP contribution in [0.4, 0.5) is 11.6 Å². The van der Waals surface area contributed by atoms with Crippen LogP contribution in [0, 0.1) is 0 Å². The van der Waals surface area contributed by atoms with E-state index in [2.05, 4.69) is 22.5 Å². The molecular weight excluding hydrogens is 230 g/mol. The first kappa shape index (κ1) is 13.1. The average molecular weight is 251 g/mol. The molecule has 0 saturated carbocycles. The van der Waals surface area contributed by atoms with Gasteiger partial charge in [0.15, 0.2) is 0 Å². The van der Waals surface area contributed by atoms with Crippen LogP contribution in [0.15, 0.2) is 18.2 Å². The van der Waals surface area contributed by atoms with E-state index in [-0.39, 0.29) is 6.10 Å². The third kappa shape index (κ3) is 4.16. The number of aromatic nitrogens is 1. The summed E-state index contributed by atoms with van der Waals surface area (Å²) in [5, 5.41) is 6.54. The van der Waals surface area contributed by atoms with Crippen LogP contribution in [-0.2, 0) is 9.47 Å². The fraction of sp³-hybridized carbons (Fsp3) is 0.615. The minimum Gasteiger partial charge on any atom is -0.376 e. The smallest absolute Gasteiger partial charge is 0.128 e. The lowest BCUT2D eigenvalue weighted by molar-refractivity contribution is -0.0819. The minimum atomic E-state index is 0.118. The first-order valence-corrected chi connectivity index (χ1v) is 6.52. The Kier molecular flexibility index (Phi) is 5.23. The maximum atomic E-state index is 5.56. The molecule has 1 saturated heterocycles. The molecule has 100 valence electrons. The van der Waals surface area contributed by atoms with Crippen molar-refractivity contribution < 1.29 is 9.47 Å². The van der Waals surface area contributed by atoms with Gasteiger partial charge in [0.1, 0.15) is 11.6 Å². The monoisotopic (exact) mass is 251 g/mol. The Morgan fingerprint density at radius 3 is 2.83 bits per heavy atom. The van der Waals surface area contributed by atoms with Crippen molar-refractivity contribution in [2.75, 3.05) is 43.5 Å². The van der Waals surface area contributed by atoms with Gasteiger partial charge in [-0.15, -0.1) is 0 Å². The molecule has 2 rings (SSSR count). The number of ether oxygens (including phenoxy) is 2. The molecule has 1 unspecified atom stereocenters. The molecule has 5 heteroatoms. The third-order valence-corrected chi connectivity index (χ3v) is 2.70. The van der Waals surface area contributed by atoms with E-state index < -0.39 is 0 Å². The number of hydrogen-bond donors (Lipinski definition) is 2. The predicted octanol–water partition coefficient (Wildman–Crippen LogP) is 1.73. The van der Waals surface area contributed by atoms with Gasteiger partial charge in [-0.2, -0.15) is 0 Å². The number of pyridine rings is 1. The summed E-state index contributed by atoms with van der Waals surface area (Å²) in [4.78, 5) is 4.48. The second kappa shape index (κ2) is 7.18. The van der Waals surface area contributed by atoms with Gasteiger partial charge in [-0.3, -0.25) is 0 Å². The van der Waals surface area contributed by atoms with Crippen molar-refractivity contribution in [3.8, 4) is 0 Å². The SMILES string of the molecule is CCCNc1cccc(NCC2COCCO2)n1. The summed E-state index contributed by atoms with van der Waals surface area (Å²) in [6.07, 6.45) is 1.21. The van der Waals surface area contributed by atoms with Gasteiger partial charge < -0.3 is 20.1 Å². The van der Waals surface area contributed by atoms with Crippen LogP contribution < -0.4 is 10.6 Å². The molecule has 2 heterocycles. The van der Waals surface area contributed by atoms with Gasteiger partial charge in [0, 0.05) is 13.1 Å². The van der Waals surface area contributed by atoms with E-state index in [9.17, 15) is 0 Å². The Hall–Kier alpha value is -1.33. The van der Waals surface area contributed by atoms with E-state index >= 15 is 0 Å². The molecule has 18 heavy (non-hydrogen) atoms. The molecule has 5 nitrogen and oxygen atoms in total. The molecule has 1 aromatic heterocycles. The third-order valence-electron chi connectivity index (χ3n) is 2.70. The summed E-state index contributed by atoms with van der Waals surface area (Å²) in [5.74, 6) is 1.77. The van der Waals surface area contributed by atoms with Gasteiger partial charge in [-0.1, -0.05) is 13.0 Å². The fourth-order valence-electron chi connectivity index (χ4n) is 1.76. The average Bonchev–Trinajstić information content (AvgIpc) is 2.44. The number of rotatable bonds is 6. The highest BCUT2D eigenvalue weighted by molar-refractivity contribution is 5.45. The van der Waals surface area contributed by atoms with Crippen LogP contribution in [-0.4, -0.2) is 44.0 Å². The van der Waals surface area contributed by atoms with Gasteiger partial charge in [0.05, 0.1) is 25.9 Å². The summed E-state index contributed by atoms with van der Waals surface area (Å²) in [6, 6.07) is 5.92. The van der Waals surface area contributed by atoms with Crippen molar-refractivity contribution in [2.24, 2.45) is 0 Å². The van der Waals surface area contributed by atoms with Crippen molar-refractivity contribution >= 4 is 11.6 Å². The predicted molar refractivity (Wildman–Crippen MR) is 72.1 cm³/mol. The summed E-state index contributed by atoms with van der Waals surface area (Å²) in [6.45, 7) is 5.83. The van der Waals surface area contributed by atoms with E-state index in [1.807, 2.05) is 18.2 Å². The zero-order valence-corrected chi connectivity index (χ0v) is 10.8. The Balaban J connectivity index is 1.80. The van der Waals surface area contributed by atoms with Gasteiger partial charge in [0.2, 0.25) is 0 Å². The lowest BCUT2D eigenvalue weighted by atomic mass is 10.3. The molecular formula is C13H21N3O2. The fourth-order valence-corrected chi connectivity index (χ4v) is 1.76. The van der Waals surface area contributed by atoms with Crippen LogP contribution in [0.3, 0.4) is 0 Å². The van der Waals surface area contributed by atoms with Gasteiger partial charge in [-0.25, -0.2) is 4.98 Å².